The predicted octanol–water partition coefficient (Wildman–Crippen LogP) is 3.28. The topological polar surface area (TPSA) is 37.3 Å². The fraction of sp³-hybridized carbons (Fsp3) is 0.222. The lowest BCUT2D eigenvalue weighted by molar-refractivity contribution is 0.0701. The Morgan fingerprint density at radius 2 is 2.08 bits per heavy atom. The van der Waals surface area contributed by atoms with Gasteiger partial charge in [0.1, 0.15) is 4.88 Å². The third kappa shape index (κ3) is 1.26. The van der Waals surface area contributed by atoms with E-state index in [4.69, 9.17) is 5.11 Å². The second-order valence-electron chi connectivity index (χ2n) is 2.92. The molecular weight excluding hydrogens is 204 g/mol. The summed E-state index contributed by atoms with van der Waals surface area (Å²) in [5.74, 6) is -0.816. The zero-order valence-electron chi connectivity index (χ0n) is 7.25. The molecule has 0 atom stereocenters. The van der Waals surface area contributed by atoms with Gasteiger partial charge in [0.25, 0.3) is 0 Å². The highest BCUT2D eigenvalue weighted by Gasteiger charge is 2.15. The Balaban J connectivity index is 2.76. The minimum atomic E-state index is -0.816. The van der Waals surface area contributed by atoms with Crippen LogP contribution in [0.3, 0.4) is 0 Å². The van der Waals surface area contributed by atoms with E-state index >= 15 is 0 Å². The Bertz CT molecular complexity index is 479. The summed E-state index contributed by atoms with van der Waals surface area (Å²) in [7, 11) is 0. The van der Waals surface area contributed by atoms with E-state index in [9.17, 15) is 4.79 Å². The van der Waals surface area contributed by atoms with E-state index in [-0.39, 0.29) is 0 Å². The van der Waals surface area contributed by atoms with Crippen molar-refractivity contribution in [3.63, 3.8) is 0 Å². The van der Waals surface area contributed by atoms with Crippen molar-refractivity contribution < 1.29 is 9.90 Å². The Morgan fingerprint density at radius 1 is 1.38 bits per heavy atom. The van der Waals surface area contributed by atoms with Gasteiger partial charge in [0.15, 0.2) is 0 Å². The fourth-order valence-electron chi connectivity index (χ4n) is 1.33. The molecule has 2 rings (SSSR count). The van der Waals surface area contributed by atoms with Crippen LogP contribution in [0.1, 0.15) is 20.1 Å². The molecule has 13 heavy (non-hydrogen) atoms. The standard InChI is InChI=1S/C9H8O2S2/c1-4-3-6-5(2)7(8(10)11)13-9(6)12-4/h3H,1-2H3,(H,10,11). The van der Waals surface area contributed by atoms with Crippen molar-refractivity contribution in [2.45, 2.75) is 13.8 Å². The van der Waals surface area contributed by atoms with E-state index in [1.54, 1.807) is 11.3 Å². The van der Waals surface area contributed by atoms with Gasteiger partial charge < -0.3 is 5.11 Å². The molecule has 0 spiro atoms. The average molecular weight is 212 g/mol. The molecule has 2 aromatic heterocycles. The van der Waals surface area contributed by atoms with Crippen LogP contribution in [0, 0.1) is 13.8 Å². The normalized spacial score (nSPS) is 10.9. The molecule has 0 aliphatic heterocycles. The summed E-state index contributed by atoms with van der Waals surface area (Å²) in [5.41, 5.74) is 0.900. The SMILES string of the molecule is Cc1cc2c(C)c(C(=O)O)sc2s1. The Hall–Kier alpha value is -0.870. The third-order valence-corrected chi connectivity index (χ3v) is 4.39. The van der Waals surface area contributed by atoms with Crippen LogP contribution in [0.15, 0.2) is 6.07 Å². The zero-order valence-corrected chi connectivity index (χ0v) is 8.88. The molecule has 4 heteroatoms. The molecule has 0 saturated carbocycles. The summed E-state index contributed by atoms with van der Waals surface area (Å²) in [6.07, 6.45) is 0. The summed E-state index contributed by atoms with van der Waals surface area (Å²) in [6, 6.07) is 2.05. The van der Waals surface area contributed by atoms with Gasteiger partial charge in [-0.25, -0.2) is 4.79 Å². The number of hydrogen-bond acceptors (Lipinski definition) is 3. The van der Waals surface area contributed by atoms with Crippen molar-refractivity contribution in [2.75, 3.05) is 0 Å². The van der Waals surface area contributed by atoms with Crippen LogP contribution < -0.4 is 0 Å². The molecule has 1 N–H and O–H groups in total. The molecule has 0 unspecified atom stereocenters. The van der Waals surface area contributed by atoms with Crippen molar-refractivity contribution in [1.29, 1.82) is 0 Å². The molecule has 0 aliphatic carbocycles. The van der Waals surface area contributed by atoms with Gasteiger partial charge in [-0.2, -0.15) is 0 Å². The lowest BCUT2D eigenvalue weighted by Gasteiger charge is -1.89. The van der Waals surface area contributed by atoms with Gasteiger partial charge in [0.05, 0.1) is 4.01 Å². The maximum atomic E-state index is 10.8. The van der Waals surface area contributed by atoms with E-state index in [0.717, 1.165) is 15.0 Å². The first-order valence-corrected chi connectivity index (χ1v) is 5.45. The molecule has 2 heterocycles. The summed E-state index contributed by atoms with van der Waals surface area (Å²) >= 11 is 3.03. The van der Waals surface area contributed by atoms with Gasteiger partial charge in [-0.3, -0.25) is 0 Å². The monoisotopic (exact) mass is 212 g/mol. The highest BCUT2D eigenvalue weighted by molar-refractivity contribution is 7.39. The zero-order chi connectivity index (χ0) is 9.59. The van der Waals surface area contributed by atoms with E-state index < -0.39 is 5.97 Å². The number of aryl methyl sites for hydroxylation is 2. The van der Waals surface area contributed by atoms with Crippen LogP contribution in [0.2, 0.25) is 0 Å². The second kappa shape index (κ2) is 2.82. The van der Waals surface area contributed by atoms with Crippen LogP contribution >= 0.6 is 22.7 Å². The van der Waals surface area contributed by atoms with Crippen molar-refractivity contribution in [2.24, 2.45) is 0 Å². The highest BCUT2D eigenvalue weighted by atomic mass is 32.2. The summed E-state index contributed by atoms with van der Waals surface area (Å²) < 4.78 is 1.12. The molecule has 0 fully saturated rings. The fourth-order valence-corrected chi connectivity index (χ4v) is 3.79. The summed E-state index contributed by atoms with van der Waals surface area (Å²) in [5, 5.41) is 9.97. The van der Waals surface area contributed by atoms with Gasteiger partial charge in [-0.05, 0) is 25.5 Å². The Morgan fingerprint density at radius 3 is 2.62 bits per heavy atom. The minimum Gasteiger partial charge on any atom is -0.477 e. The van der Waals surface area contributed by atoms with Crippen molar-refractivity contribution in [3.8, 4) is 0 Å². The number of carboxylic acids is 1. The smallest absolute Gasteiger partial charge is 0.346 e. The molecule has 68 valence electrons. The number of fused-ring (bicyclic) bond motifs is 1. The largest absolute Gasteiger partial charge is 0.477 e. The number of hydrogen-bond donors (Lipinski definition) is 1. The average Bonchev–Trinajstić information content (AvgIpc) is 2.51. The maximum absolute atomic E-state index is 10.8. The number of rotatable bonds is 1. The van der Waals surface area contributed by atoms with E-state index in [1.807, 2.05) is 13.8 Å². The van der Waals surface area contributed by atoms with Gasteiger partial charge in [0, 0.05) is 10.3 Å². The third-order valence-electron chi connectivity index (χ3n) is 1.95. The van der Waals surface area contributed by atoms with E-state index in [1.165, 1.54) is 16.2 Å². The number of thiophene rings is 2. The van der Waals surface area contributed by atoms with E-state index in [0.29, 0.717) is 4.88 Å². The molecule has 0 amide bonds. The molecular formula is C9H8O2S2. The first-order valence-electron chi connectivity index (χ1n) is 3.82. The van der Waals surface area contributed by atoms with Gasteiger partial charge in [0.2, 0.25) is 0 Å². The molecule has 0 aliphatic rings. The van der Waals surface area contributed by atoms with E-state index in [2.05, 4.69) is 6.07 Å². The lowest BCUT2D eigenvalue weighted by atomic mass is 10.2. The molecule has 0 bridgehead atoms. The van der Waals surface area contributed by atoms with Crippen LogP contribution in [0.5, 0.6) is 0 Å². The molecule has 0 saturated heterocycles. The van der Waals surface area contributed by atoms with Crippen molar-refractivity contribution >= 4 is 38.0 Å². The highest BCUT2D eigenvalue weighted by Crippen LogP contribution is 2.36. The number of aromatic carboxylic acids is 1. The number of carbonyl (C=O) groups is 1. The molecule has 2 nitrogen and oxygen atoms in total. The van der Waals surface area contributed by atoms with Gasteiger partial charge >= 0.3 is 5.97 Å². The van der Waals surface area contributed by atoms with Crippen LogP contribution in [-0.2, 0) is 0 Å². The van der Waals surface area contributed by atoms with Crippen LogP contribution in [-0.4, -0.2) is 11.1 Å². The van der Waals surface area contributed by atoms with Crippen molar-refractivity contribution in [3.05, 3.63) is 21.4 Å². The predicted molar refractivity (Wildman–Crippen MR) is 56.1 cm³/mol. The van der Waals surface area contributed by atoms with Crippen LogP contribution in [0.25, 0.3) is 9.40 Å². The number of carboxylic acid groups (broad SMARTS) is 1. The first kappa shape index (κ1) is 8.72. The lowest BCUT2D eigenvalue weighted by Crippen LogP contribution is -1.93. The van der Waals surface area contributed by atoms with Crippen molar-refractivity contribution in [1.82, 2.24) is 0 Å². The Labute approximate surface area is 83.4 Å². The molecule has 0 aromatic carbocycles. The molecule has 0 radical (unpaired) electrons. The first-order chi connectivity index (χ1) is 6.09. The summed E-state index contributed by atoms with van der Waals surface area (Å²) in [4.78, 5) is 12.5. The quantitative estimate of drug-likeness (QED) is 0.787. The van der Waals surface area contributed by atoms with Gasteiger partial charge in [-0.15, -0.1) is 22.7 Å². The van der Waals surface area contributed by atoms with Crippen LogP contribution in [0.4, 0.5) is 0 Å². The Kier molecular flexibility index (Phi) is 1.89. The van der Waals surface area contributed by atoms with Gasteiger partial charge in [-0.1, -0.05) is 0 Å². The second-order valence-corrected chi connectivity index (χ2v) is 5.45. The molecule has 2 aromatic rings. The summed E-state index contributed by atoms with van der Waals surface area (Å²) in [6.45, 7) is 3.91. The minimum absolute atomic E-state index is 0.473. The maximum Gasteiger partial charge on any atom is 0.346 e.